The fraction of sp³-hybridized carbons (Fsp3) is 0.381. The second-order valence-corrected chi connectivity index (χ2v) is 7.61. The average molecular weight is 307 g/mol. The Morgan fingerprint density at radius 3 is 1.91 bits per heavy atom. The summed E-state index contributed by atoms with van der Waals surface area (Å²) in [5.41, 5.74) is 4.98. The number of rotatable bonds is 2. The molecule has 2 aromatic carbocycles. The molecule has 2 heteroatoms. The Balaban J connectivity index is 2.01. The quantitative estimate of drug-likeness (QED) is 0.890. The molecule has 1 amide bonds. The van der Waals surface area contributed by atoms with Crippen molar-refractivity contribution in [3.63, 3.8) is 0 Å². The van der Waals surface area contributed by atoms with E-state index in [2.05, 4.69) is 62.5 Å². The number of benzene rings is 2. The van der Waals surface area contributed by atoms with Crippen molar-refractivity contribution in [2.24, 2.45) is 5.41 Å². The summed E-state index contributed by atoms with van der Waals surface area (Å²) in [5, 5.41) is 3.16. The number of aryl methyl sites for hydroxylation is 2. The average Bonchev–Trinajstić information content (AvgIpc) is 2.69. The van der Waals surface area contributed by atoms with Gasteiger partial charge in [0.1, 0.15) is 0 Å². The van der Waals surface area contributed by atoms with Crippen molar-refractivity contribution in [3.05, 3.63) is 70.8 Å². The standard InChI is InChI=1S/C21H25NO/c1-21(2,3)14-22-20(23)19-17-10-6-4-8-15(17)12-13-16-9-5-7-11-18(16)19/h4-11,19H,12-14H2,1-3H3,(H,22,23). The summed E-state index contributed by atoms with van der Waals surface area (Å²) in [6.07, 6.45) is 1.99. The maximum Gasteiger partial charge on any atom is 0.232 e. The zero-order valence-corrected chi connectivity index (χ0v) is 14.2. The van der Waals surface area contributed by atoms with E-state index in [1.807, 2.05) is 12.1 Å². The summed E-state index contributed by atoms with van der Waals surface area (Å²) < 4.78 is 0. The third kappa shape index (κ3) is 3.47. The van der Waals surface area contributed by atoms with E-state index in [4.69, 9.17) is 0 Å². The zero-order chi connectivity index (χ0) is 16.4. The molecule has 120 valence electrons. The maximum atomic E-state index is 13.0. The van der Waals surface area contributed by atoms with Gasteiger partial charge in [0.05, 0.1) is 5.92 Å². The molecular formula is C21H25NO. The molecule has 1 N–H and O–H groups in total. The number of nitrogens with one attached hydrogen (secondary N) is 1. The third-order valence-electron chi connectivity index (χ3n) is 4.45. The van der Waals surface area contributed by atoms with Gasteiger partial charge in [0.2, 0.25) is 5.91 Å². The first kappa shape index (κ1) is 15.8. The van der Waals surface area contributed by atoms with Crippen LogP contribution in [0.3, 0.4) is 0 Å². The van der Waals surface area contributed by atoms with Gasteiger partial charge in [-0.15, -0.1) is 0 Å². The molecule has 0 unspecified atom stereocenters. The molecular weight excluding hydrogens is 282 g/mol. The SMILES string of the molecule is CC(C)(C)CNC(=O)C1c2ccccc2CCc2ccccc21. The minimum absolute atomic E-state index is 0.0828. The van der Waals surface area contributed by atoms with Crippen LogP contribution in [0.5, 0.6) is 0 Å². The van der Waals surface area contributed by atoms with Gasteiger partial charge in [0.15, 0.2) is 0 Å². The molecule has 0 heterocycles. The molecule has 2 nitrogen and oxygen atoms in total. The van der Waals surface area contributed by atoms with Crippen molar-refractivity contribution in [1.29, 1.82) is 0 Å². The van der Waals surface area contributed by atoms with E-state index in [-0.39, 0.29) is 17.2 Å². The molecule has 0 radical (unpaired) electrons. The summed E-state index contributed by atoms with van der Waals surface area (Å²) in [6, 6.07) is 16.7. The Morgan fingerprint density at radius 2 is 1.43 bits per heavy atom. The van der Waals surface area contributed by atoms with Gasteiger partial charge in [0.25, 0.3) is 0 Å². The first-order chi connectivity index (χ1) is 11.0. The van der Waals surface area contributed by atoms with Gasteiger partial charge in [0, 0.05) is 6.54 Å². The number of fused-ring (bicyclic) bond motifs is 2. The molecule has 0 atom stereocenters. The van der Waals surface area contributed by atoms with Gasteiger partial charge >= 0.3 is 0 Å². The Kier molecular flexibility index (Phi) is 4.25. The van der Waals surface area contributed by atoms with Gasteiger partial charge in [-0.05, 0) is 40.5 Å². The number of hydrogen-bond donors (Lipinski definition) is 1. The molecule has 3 rings (SSSR count). The smallest absolute Gasteiger partial charge is 0.232 e. The van der Waals surface area contributed by atoms with Crippen LogP contribution < -0.4 is 5.32 Å². The first-order valence-electron chi connectivity index (χ1n) is 8.39. The second-order valence-electron chi connectivity index (χ2n) is 7.61. The number of carbonyl (C=O) groups excluding carboxylic acids is 1. The van der Waals surface area contributed by atoms with Crippen molar-refractivity contribution in [2.75, 3.05) is 6.54 Å². The van der Waals surface area contributed by atoms with Crippen LogP contribution in [0.15, 0.2) is 48.5 Å². The molecule has 0 bridgehead atoms. The predicted octanol–water partition coefficient (Wildman–Crippen LogP) is 4.08. The van der Waals surface area contributed by atoms with E-state index in [1.165, 1.54) is 11.1 Å². The lowest BCUT2D eigenvalue weighted by Crippen LogP contribution is -2.36. The number of amides is 1. The van der Waals surface area contributed by atoms with Gasteiger partial charge in [-0.1, -0.05) is 69.3 Å². The monoisotopic (exact) mass is 307 g/mol. The predicted molar refractivity (Wildman–Crippen MR) is 94.6 cm³/mol. The van der Waals surface area contributed by atoms with Gasteiger partial charge in [-0.25, -0.2) is 0 Å². The van der Waals surface area contributed by atoms with E-state index in [1.54, 1.807) is 0 Å². The van der Waals surface area contributed by atoms with Crippen LogP contribution in [-0.2, 0) is 17.6 Å². The summed E-state index contributed by atoms with van der Waals surface area (Å²) in [6.45, 7) is 7.11. The Labute approximate surface area is 138 Å². The van der Waals surface area contributed by atoms with Crippen LogP contribution in [0, 0.1) is 5.41 Å². The summed E-state index contributed by atoms with van der Waals surface area (Å²) in [5.74, 6) is -0.0889. The molecule has 2 aromatic rings. The molecule has 0 aliphatic heterocycles. The van der Waals surface area contributed by atoms with Crippen LogP contribution in [0.25, 0.3) is 0 Å². The van der Waals surface area contributed by atoms with E-state index >= 15 is 0 Å². The second kappa shape index (κ2) is 6.19. The molecule has 0 spiro atoms. The van der Waals surface area contributed by atoms with E-state index in [9.17, 15) is 4.79 Å². The highest BCUT2D eigenvalue weighted by Gasteiger charge is 2.29. The van der Waals surface area contributed by atoms with E-state index in [0.29, 0.717) is 6.54 Å². The number of carbonyl (C=O) groups is 1. The summed E-state index contributed by atoms with van der Waals surface area (Å²) in [4.78, 5) is 13.0. The van der Waals surface area contributed by atoms with Crippen LogP contribution in [-0.4, -0.2) is 12.5 Å². The van der Waals surface area contributed by atoms with E-state index < -0.39 is 0 Å². The zero-order valence-electron chi connectivity index (χ0n) is 14.2. The minimum atomic E-state index is -0.202. The lowest BCUT2D eigenvalue weighted by Gasteiger charge is -2.24. The minimum Gasteiger partial charge on any atom is -0.355 e. The van der Waals surface area contributed by atoms with Crippen LogP contribution in [0.2, 0.25) is 0 Å². The highest BCUT2D eigenvalue weighted by molar-refractivity contribution is 5.88. The van der Waals surface area contributed by atoms with Crippen molar-refractivity contribution >= 4 is 5.91 Å². The van der Waals surface area contributed by atoms with Crippen LogP contribution in [0.4, 0.5) is 0 Å². The Bertz CT molecular complexity index is 664. The molecule has 0 aromatic heterocycles. The lowest BCUT2D eigenvalue weighted by atomic mass is 9.87. The van der Waals surface area contributed by atoms with Crippen molar-refractivity contribution in [2.45, 2.75) is 39.5 Å². The highest BCUT2D eigenvalue weighted by atomic mass is 16.1. The molecule has 0 saturated heterocycles. The Morgan fingerprint density at radius 1 is 0.957 bits per heavy atom. The number of hydrogen-bond acceptors (Lipinski definition) is 1. The van der Waals surface area contributed by atoms with Crippen LogP contribution >= 0.6 is 0 Å². The summed E-state index contributed by atoms with van der Waals surface area (Å²) in [7, 11) is 0. The molecule has 23 heavy (non-hydrogen) atoms. The first-order valence-corrected chi connectivity index (χ1v) is 8.39. The third-order valence-corrected chi connectivity index (χ3v) is 4.45. The fourth-order valence-electron chi connectivity index (χ4n) is 3.26. The topological polar surface area (TPSA) is 29.1 Å². The highest BCUT2D eigenvalue weighted by Crippen LogP contribution is 2.34. The summed E-state index contributed by atoms with van der Waals surface area (Å²) >= 11 is 0. The Hall–Kier alpha value is -2.09. The lowest BCUT2D eigenvalue weighted by molar-refractivity contribution is -0.122. The van der Waals surface area contributed by atoms with E-state index in [0.717, 1.165) is 24.0 Å². The fourth-order valence-corrected chi connectivity index (χ4v) is 3.26. The molecule has 0 saturated carbocycles. The maximum absolute atomic E-state index is 13.0. The van der Waals surface area contributed by atoms with Crippen molar-refractivity contribution in [3.8, 4) is 0 Å². The molecule has 1 aliphatic carbocycles. The van der Waals surface area contributed by atoms with Crippen molar-refractivity contribution in [1.82, 2.24) is 5.32 Å². The largest absolute Gasteiger partial charge is 0.355 e. The normalized spacial score (nSPS) is 14.6. The van der Waals surface area contributed by atoms with Gasteiger partial charge in [-0.3, -0.25) is 4.79 Å². The molecule has 1 aliphatic rings. The van der Waals surface area contributed by atoms with Gasteiger partial charge < -0.3 is 5.32 Å². The van der Waals surface area contributed by atoms with Gasteiger partial charge in [-0.2, -0.15) is 0 Å². The molecule has 0 fully saturated rings. The van der Waals surface area contributed by atoms with Crippen LogP contribution in [0.1, 0.15) is 48.9 Å². The van der Waals surface area contributed by atoms with Crippen molar-refractivity contribution < 1.29 is 4.79 Å².